The van der Waals surface area contributed by atoms with Gasteiger partial charge in [0.25, 0.3) is 5.69 Å². The molecule has 7 heteroatoms. The number of nitro groups is 1. The van der Waals surface area contributed by atoms with Gasteiger partial charge in [-0.15, -0.1) is 0 Å². The van der Waals surface area contributed by atoms with Crippen LogP contribution in [0, 0.1) is 17.0 Å². The zero-order chi connectivity index (χ0) is 13.2. The van der Waals surface area contributed by atoms with Gasteiger partial charge in [-0.25, -0.2) is 4.98 Å². The fourth-order valence-electron chi connectivity index (χ4n) is 1.80. The lowest BCUT2D eigenvalue weighted by molar-refractivity contribution is -0.385. The summed E-state index contributed by atoms with van der Waals surface area (Å²) in [5.41, 5.74) is -0.392. The van der Waals surface area contributed by atoms with Crippen LogP contribution in [0.1, 0.15) is 12.0 Å². The van der Waals surface area contributed by atoms with Crippen LogP contribution in [0.3, 0.4) is 0 Å². The molecule has 1 atom stereocenters. The van der Waals surface area contributed by atoms with Crippen molar-refractivity contribution in [1.29, 1.82) is 0 Å². The SMILES string of the molecule is Cc1cnc(NCC2(O)CCOC2)cc1[N+](=O)[O-]. The number of anilines is 1. The molecular formula is C11H15N3O4. The summed E-state index contributed by atoms with van der Waals surface area (Å²) in [6.07, 6.45) is 1.99. The molecule has 1 aliphatic rings. The van der Waals surface area contributed by atoms with Crippen LogP contribution in [0.5, 0.6) is 0 Å². The number of aryl methyl sites for hydroxylation is 1. The van der Waals surface area contributed by atoms with Crippen molar-refractivity contribution in [2.45, 2.75) is 18.9 Å². The summed E-state index contributed by atoms with van der Waals surface area (Å²) < 4.78 is 5.11. The largest absolute Gasteiger partial charge is 0.386 e. The van der Waals surface area contributed by atoms with E-state index in [0.717, 1.165) is 0 Å². The van der Waals surface area contributed by atoms with Gasteiger partial charge >= 0.3 is 0 Å². The van der Waals surface area contributed by atoms with Gasteiger partial charge in [0.1, 0.15) is 11.4 Å². The van der Waals surface area contributed by atoms with Crippen LogP contribution in [0.15, 0.2) is 12.3 Å². The number of rotatable bonds is 4. The smallest absolute Gasteiger partial charge is 0.277 e. The van der Waals surface area contributed by atoms with Gasteiger partial charge in [-0.2, -0.15) is 0 Å². The van der Waals surface area contributed by atoms with Crippen LogP contribution in [-0.2, 0) is 4.74 Å². The van der Waals surface area contributed by atoms with E-state index in [1.165, 1.54) is 12.3 Å². The third kappa shape index (κ3) is 2.74. The molecule has 1 unspecified atom stereocenters. The monoisotopic (exact) mass is 253 g/mol. The summed E-state index contributed by atoms with van der Waals surface area (Å²) in [6.45, 7) is 2.70. The number of aromatic nitrogens is 1. The Bertz CT molecular complexity index is 458. The van der Waals surface area contributed by atoms with E-state index in [1.807, 2.05) is 0 Å². The molecule has 1 aromatic heterocycles. The molecule has 0 aromatic carbocycles. The normalized spacial score (nSPS) is 23.0. The second-order valence-corrected chi connectivity index (χ2v) is 4.49. The molecule has 0 radical (unpaired) electrons. The molecule has 0 bridgehead atoms. The zero-order valence-electron chi connectivity index (χ0n) is 10.0. The van der Waals surface area contributed by atoms with Crippen molar-refractivity contribution in [3.05, 3.63) is 27.9 Å². The number of pyridine rings is 1. The average molecular weight is 253 g/mol. The number of hydrogen-bond acceptors (Lipinski definition) is 6. The van der Waals surface area contributed by atoms with Gasteiger partial charge in [0, 0.05) is 31.3 Å². The number of ether oxygens (including phenoxy) is 1. The third-order valence-corrected chi connectivity index (χ3v) is 2.95. The van der Waals surface area contributed by atoms with E-state index in [2.05, 4.69) is 10.3 Å². The summed E-state index contributed by atoms with van der Waals surface area (Å²) >= 11 is 0. The first kappa shape index (κ1) is 12.7. The first-order valence-corrected chi connectivity index (χ1v) is 5.65. The van der Waals surface area contributed by atoms with Crippen molar-refractivity contribution < 1.29 is 14.8 Å². The van der Waals surface area contributed by atoms with Gasteiger partial charge in [0.05, 0.1) is 17.6 Å². The molecule has 0 spiro atoms. The highest BCUT2D eigenvalue weighted by Gasteiger charge is 2.32. The van der Waals surface area contributed by atoms with Gasteiger partial charge in [0.2, 0.25) is 0 Å². The van der Waals surface area contributed by atoms with Crippen molar-refractivity contribution in [3.63, 3.8) is 0 Å². The van der Waals surface area contributed by atoms with Gasteiger partial charge in [-0.05, 0) is 6.92 Å². The first-order chi connectivity index (χ1) is 8.50. The predicted molar refractivity (Wildman–Crippen MR) is 64.5 cm³/mol. The lowest BCUT2D eigenvalue weighted by Crippen LogP contribution is -2.37. The van der Waals surface area contributed by atoms with E-state index in [4.69, 9.17) is 4.74 Å². The van der Waals surface area contributed by atoms with Gasteiger partial charge in [0.15, 0.2) is 0 Å². The summed E-state index contributed by atoms with van der Waals surface area (Å²) in [5.74, 6) is 0.382. The van der Waals surface area contributed by atoms with Gasteiger partial charge < -0.3 is 15.2 Å². The van der Waals surface area contributed by atoms with Gasteiger partial charge in [-0.1, -0.05) is 0 Å². The lowest BCUT2D eigenvalue weighted by Gasteiger charge is -2.20. The Kier molecular flexibility index (Phi) is 3.44. The second-order valence-electron chi connectivity index (χ2n) is 4.49. The number of nitrogens with zero attached hydrogens (tertiary/aromatic N) is 2. The minimum Gasteiger partial charge on any atom is -0.386 e. The van der Waals surface area contributed by atoms with Crippen LogP contribution in [-0.4, -0.2) is 40.4 Å². The summed E-state index contributed by atoms with van der Waals surface area (Å²) in [7, 11) is 0. The van der Waals surface area contributed by atoms with Crippen molar-refractivity contribution >= 4 is 11.5 Å². The molecule has 2 N–H and O–H groups in total. The Hall–Kier alpha value is -1.73. The summed E-state index contributed by atoms with van der Waals surface area (Å²) in [6, 6.07) is 1.37. The molecule has 1 aromatic rings. The van der Waals surface area contributed by atoms with E-state index in [1.54, 1.807) is 6.92 Å². The first-order valence-electron chi connectivity index (χ1n) is 5.65. The fourth-order valence-corrected chi connectivity index (χ4v) is 1.80. The van der Waals surface area contributed by atoms with Crippen LogP contribution >= 0.6 is 0 Å². The van der Waals surface area contributed by atoms with E-state index in [-0.39, 0.29) is 18.8 Å². The molecule has 7 nitrogen and oxygen atoms in total. The maximum Gasteiger partial charge on any atom is 0.277 e. The van der Waals surface area contributed by atoms with E-state index in [0.29, 0.717) is 24.4 Å². The molecule has 1 fully saturated rings. The maximum atomic E-state index is 10.8. The van der Waals surface area contributed by atoms with E-state index >= 15 is 0 Å². The highest BCUT2D eigenvalue weighted by molar-refractivity contribution is 5.49. The van der Waals surface area contributed by atoms with Crippen LogP contribution in [0.2, 0.25) is 0 Å². The van der Waals surface area contributed by atoms with Crippen LogP contribution in [0.25, 0.3) is 0 Å². The predicted octanol–water partition coefficient (Wildman–Crippen LogP) is 0.862. The Morgan fingerprint density at radius 2 is 2.50 bits per heavy atom. The number of aliphatic hydroxyl groups is 1. The quantitative estimate of drug-likeness (QED) is 0.610. The molecule has 0 amide bonds. The Morgan fingerprint density at radius 3 is 3.11 bits per heavy atom. The van der Waals surface area contributed by atoms with Crippen molar-refractivity contribution in [2.75, 3.05) is 25.1 Å². The van der Waals surface area contributed by atoms with Crippen molar-refractivity contribution in [2.24, 2.45) is 0 Å². The maximum absolute atomic E-state index is 10.8. The fraction of sp³-hybridized carbons (Fsp3) is 0.545. The topological polar surface area (TPSA) is 97.5 Å². The lowest BCUT2D eigenvalue weighted by atomic mass is 10.0. The van der Waals surface area contributed by atoms with Crippen molar-refractivity contribution in [1.82, 2.24) is 4.98 Å². The molecular weight excluding hydrogens is 238 g/mol. The molecule has 18 heavy (non-hydrogen) atoms. The second kappa shape index (κ2) is 4.87. The minimum atomic E-state index is -0.915. The van der Waals surface area contributed by atoms with E-state index in [9.17, 15) is 15.2 Å². The van der Waals surface area contributed by atoms with E-state index < -0.39 is 10.5 Å². The van der Waals surface area contributed by atoms with Gasteiger partial charge in [-0.3, -0.25) is 10.1 Å². The van der Waals surface area contributed by atoms with Crippen LogP contribution < -0.4 is 5.32 Å². The Morgan fingerprint density at radius 1 is 1.72 bits per heavy atom. The van der Waals surface area contributed by atoms with Crippen molar-refractivity contribution in [3.8, 4) is 0 Å². The zero-order valence-corrected chi connectivity index (χ0v) is 10.0. The average Bonchev–Trinajstić information content (AvgIpc) is 2.75. The molecule has 0 aliphatic carbocycles. The molecule has 1 saturated heterocycles. The van der Waals surface area contributed by atoms with Crippen LogP contribution in [0.4, 0.5) is 11.5 Å². The Labute approximate surface area is 104 Å². The summed E-state index contributed by atoms with van der Waals surface area (Å²) in [5, 5.41) is 23.7. The molecule has 1 aliphatic heterocycles. The molecule has 0 saturated carbocycles. The standard InChI is InChI=1S/C11H15N3O4/c1-8-5-12-10(4-9(8)14(16)17)13-6-11(15)2-3-18-7-11/h4-5,15H,2-3,6-7H2,1H3,(H,12,13). The highest BCUT2D eigenvalue weighted by Crippen LogP contribution is 2.22. The third-order valence-electron chi connectivity index (χ3n) is 2.95. The molecule has 2 heterocycles. The number of hydrogen-bond donors (Lipinski definition) is 2. The summed E-state index contributed by atoms with van der Waals surface area (Å²) in [4.78, 5) is 14.4. The highest BCUT2D eigenvalue weighted by atomic mass is 16.6. The number of nitrogens with one attached hydrogen (secondary N) is 1. The minimum absolute atomic E-state index is 0.0159. The molecule has 98 valence electrons. The Balaban J connectivity index is 2.05. The molecule has 2 rings (SSSR count).